The second kappa shape index (κ2) is 6.36. The van der Waals surface area contributed by atoms with Gasteiger partial charge >= 0.3 is 0 Å². The summed E-state index contributed by atoms with van der Waals surface area (Å²) in [4.78, 5) is 18.3. The van der Waals surface area contributed by atoms with Gasteiger partial charge < -0.3 is 4.90 Å². The Morgan fingerprint density at radius 3 is 2.94 bits per heavy atom. The van der Waals surface area contributed by atoms with E-state index in [9.17, 15) is 4.79 Å². The highest BCUT2D eigenvalue weighted by Crippen LogP contribution is 2.17. The van der Waals surface area contributed by atoms with Gasteiger partial charge in [-0.05, 0) is 12.8 Å². The number of rotatable bonds is 3. The van der Waals surface area contributed by atoms with Crippen molar-refractivity contribution in [1.82, 2.24) is 9.88 Å². The molecule has 2 heterocycles. The zero-order valence-corrected chi connectivity index (χ0v) is 11.4. The van der Waals surface area contributed by atoms with Gasteiger partial charge in [0.25, 0.3) is 0 Å². The lowest BCUT2D eigenvalue weighted by Crippen LogP contribution is -2.32. The molecule has 1 aliphatic rings. The van der Waals surface area contributed by atoms with Gasteiger partial charge in [0, 0.05) is 18.3 Å². The Labute approximate surface area is 111 Å². The first-order valence-corrected chi connectivity index (χ1v) is 7.48. The molecule has 1 aromatic rings. The molecule has 1 aromatic heterocycles. The fourth-order valence-electron chi connectivity index (χ4n) is 2.03. The van der Waals surface area contributed by atoms with E-state index in [1.165, 1.54) is 12.8 Å². The van der Waals surface area contributed by atoms with Crippen LogP contribution in [0.3, 0.4) is 0 Å². The van der Waals surface area contributed by atoms with Crippen LogP contribution in [0.2, 0.25) is 0 Å². The number of hydrogen-bond donors (Lipinski definition) is 0. The summed E-state index contributed by atoms with van der Waals surface area (Å²) in [6.45, 7) is 1.52. The van der Waals surface area contributed by atoms with Crippen LogP contribution in [-0.4, -0.2) is 22.3 Å². The SMILES string of the molecule is O=C1CCCCCCN1Cc1nc(CCl)cs1. The fourth-order valence-corrected chi connectivity index (χ4v) is 3.07. The third-order valence-electron chi connectivity index (χ3n) is 2.98. The van der Waals surface area contributed by atoms with Crippen molar-refractivity contribution in [2.24, 2.45) is 0 Å². The molecule has 17 heavy (non-hydrogen) atoms. The standard InChI is InChI=1S/C12H17ClN2OS/c13-7-10-9-17-11(14-10)8-15-6-4-2-1-3-5-12(15)16/h9H,1-8H2. The van der Waals surface area contributed by atoms with Crippen LogP contribution < -0.4 is 0 Å². The molecule has 1 aliphatic heterocycles. The van der Waals surface area contributed by atoms with Gasteiger partial charge in [-0.1, -0.05) is 12.8 Å². The lowest BCUT2D eigenvalue weighted by molar-refractivity contribution is -0.132. The number of aromatic nitrogens is 1. The number of thiazole rings is 1. The second-order valence-electron chi connectivity index (χ2n) is 4.35. The van der Waals surface area contributed by atoms with E-state index in [1.54, 1.807) is 11.3 Å². The van der Waals surface area contributed by atoms with E-state index >= 15 is 0 Å². The summed E-state index contributed by atoms with van der Waals surface area (Å²) in [5.74, 6) is 0.720. The topological polar surface area (TPSA) is 33.2 Å². The van der Waals surface area contributed by atoms with E-state index < -0.39 is 0 Å². The van der Waals surface area contributed by atoms with E-state index in [0.717, 1.165) is 30.1 Å². The summed E-state index contributed by atoms with van der Waals surface area (Å²) in [5.41, 5.74) is 0.908. The van der Waals surface area contributed by atoms with E-state index in [2.05, 4.69) is 4.98 Å². The molecule has 1 amide bonds. The quantitative estimate of drug-likeness (QED) is 0.792. The Morgan fingerprint density at radius 2 is 2.18 bits per heavy atom. The largest absolute Gasteiger partial charge is 0.336 e. The van der Waals surface area contributed by atoms with Gasteiger partial charge in [0.2, 0.25) is 5.91 Å². The van der Waals surface area contributed by atoms with Gasteiger partial charge in [-0.2, -0.15) is 0 Å². The number of halogens is 1. The molecule has 0 N–H and O–H groups in total. The highest BCUT2D eigenvalue weighted by molar-refractivity contribution is 7.09. The first kappa shape index (κ1) is 12.8. The van der Waals surface area contributed by atoms with Crippen LogP contribution in [0.1, 0.15) is 42.8 Å². The van der Waals surface area contributed by atoms with Crippen LogP contribution >= 0.6 is 22.9 Å². The summed E-state index contributed by atoms with van der Waals surface area (Å²) in [6.07, 6.45) is 5.25. The Hall–Kier alpha value is -0.610. The van der Waals surface area contributed by atoms with E-state index in [-0.39, 0.29) is 5.91 Å². The van der Waals surface area contributed by atoms with Gasteiger partial charge in [0.05, 0.1) is 18.1 Å². The van der Waals surface area contributed by atoms with Crippen LogP contribution in [0, 0.1) is 0 Å². The van der Waals surface area contributed by atoms with Gasteiger partial charge in [-0.15, -0.1) is 22.9 Å². The molecule has 0 saturated carbocycles. The number of carbonyl (C=O) groups excluding carboxylic acids is 1. The van der Waals surface area contributed by atoms with Gasteiger partial charge in [0.1, 0.15) is 5.01 Å². The summed E-state index contributed by atoms with van der Waals surface area (Å²) in [6, 6.07) is 0. The van der Waals surface area contributed by atoms with Crippen LogP contribution in [0.15, 0.2) is 5.38 Å². The molecule has 1 saturated heterocycles. The molecule has 1 fully saturated rings. The third kappa shape index (κ3) is 3.68. The molecule has 94 valence electrons. The molecule has 0 spiro atoms. The number of nitrogens with zero attached hydrogens (tertiary/aromatic N) is 2. The average Bonchev–Trinajstić information content (AvgIpc) is 2.77. The predicted octanol–water partition coefficient (Wildman–Crippen LogP) is 3.17. The van der Waals surface area contributed by atoms with Crippen molar-refractivity contribution in [1.29, 1.82) is 0 Å². The van der Waals surface area contributed by atoms with Crippen molar-refractivity contribution in [3.63, 3.8) is 0 Å². The first-order chi connectivity index (χ1) is 8.29. The van der Waals surface area contributed by atoms with Gasteiger partial charge in [0.15, 0.2) is 0 Å². The lowest BCUT2D eigenvalue weighted by atomic mass is 10.1. The molecule has 0 aliphatic carbocycles. The van der Waals surface area contributed by atoms with Gasteiger partial charge in [-0.3, -0.25) is 4.79 Å². The Morgan fingerprint density at radius 1 is 1.35 bits per heavy atom. The predicted molar refractivity (Wildman–Crippen MR) is 70.2 cm³/mol. The average molecular weight is 273 g/mol. The van der Waals surface area contributed by atoms with Crippen molar-refractivity contribution < 1.29 is 4.79 Å². The maximum atomic E-state index is 11.9. The van der Waals surface area contributed by atoms with Crippen molar-refractivity contribution in [2.45, 2.75) is 44.5 Å². The maximum Gasteiger partial charge on any atom is 0.222 e. The number of hydrogen-bond acceptors (Lipinski definition) is 3. The molecule has 5 heteroatoms. The second-order valence-corrected chi connectivity index (χ2v) is 5.56. The Balaban J connectivity index is 1.97. The first-order valence-electron chi connectivity index (χ1n) is 6.06. The van der Waals surface area contributed by atoms with E-state index in [4.69, 9.17) is 11.6 Å². The molecular weight excluding hydrogens is 256 g/mol. The fraction of sp³-hybridized carbons (Fsp3) is 0.667. The zero-order valence-electron chi connectivity index (χ0n) is 9.82. The zero-order chi connectivity index (χ0) is 12.1. The highest BCUT2D eigenvalue weighted by Gasteiger charge is 2.17. The lowest BCUT2D eigenvalue weighted by Gasteiger charge is -2.23. The van der Waals surface area contributed by atoms with Crippen LogP contribution in [0.4, 0.5) is 0 Å². The molecule has 0 bridgehead atoms. The summed E-state index contributed by atoms with van der Waals surface area (Å²) < 4.78 is 0. The summed E-state index contributed by atoms with van der Waals surface area (Å²) in [7, 11) is 0. The van der Waals surface area contributed by atoms with Crippen molar-refractivity contribution in [3.05, 3.63) is 16.1 Å². The normalized spacial score (nSPS) is 17.9. The molecule has 2 rings (SSSR count). The number of amides is 1. The van der Waals surface area contributed by atoms with E-state index in [1.807, 2.05) is 10.3 Å². The molecule has 0 unspecified atom stereocenters. The molecular formula is C12H17ClN2OS. The van der Waals surface area contributed by atoms with Gasteiger partial charge in [-0.25, -0.2) is 4.98 Å². The number of carbonyl (C=O) groups is 1. The van der Waals surface area contributed by atoms with Crippen molar-refractivity contribution in [2.75, 3.05) is 6.54 Å². The molecule has 3 nitrogen and oxygen atoms in total. The minimum absolute atomic E-state index is 0.271. The van der Waals surface area contributed by atoms with Crippen molar-refractivity contribution >= 4 is 28.8 Å². The minimum Gasteiger partial charge on any atom is -0.336 e. The summed E-state index contributed by atoms with van der Waals surface area (Å²) >= 11 is 7.32. The highest BCUT2D eigenvalue weighted by atomic mass is 35.5. The maximum absolute atomic E-state index is 11.9. The number of likely N-dealkylation sites (tertiary alicyclic amines) is 1. The van der Waals surface area contributed by atoms with Crippen LogP contribution in [0.25, 0.3) is 0 Å². The molecule has 0 radical (unpaired) electrons. The monoisotopic (exact) mass is 272 g/mol. The summed E-state index contributed by atoms with van der Waals surface area (Å²) in [5, 5.41) is 2.96. The van der Waals surface area contributed by atoms with E-state index in [0.29, 0.717) is 18.8 Å². The molecule has 0 atom stereocenters. The third-order valence-corrected chi connectivity index (χ3v) is 4.14. The van der Waals surface area contributed by atoms with Crippen LogP contribution in [0.5, 0.6) is 0 Å². The Bertz CT molecular complexity index is 380. The Kier molecular flexibility index (Phi) is 4.80. The molecule has 0 aromatic carbocycles. The van der Waals surface area contributed by atoms with Crippen LogP contribution in [-0.2, 0) is 17.2 Å². The minimum atomic E-state index is 0.271. The van der Waals surface area contributed by atoms with Crippen molar-refractivity contribution in [3.8, 4) is 0 Å². The smallest absolute Gasteiger partial charge is 0.222 e. The number of alkyl halides is 1.